The lowest BCUT2D eigenvalue weighted by atomic mass is 10.0. The van der Waals surface area contributed by atoms with E-state index in [1.807, 2.05) is 24.3 Å². The lowest BCUT2D eigenvalue weighted by Gasteiger charge is -2.08. The minimum atomic E-state index is -0.504. The second-order valence-electron chi connectivity index (χ2n) is 6.05. The highest BCUT2D eigenvalue weighted by Gasteiger charge is 2.04. The third-order valence-electron chi connectivity index (χ3n) is 4.27. The number of benzene rings is 2. The van der Waals surface area contributed by atoms with Crippen molar-refractivity contribution in [3.8, 4) is 22.5 Å². The van der Waals surface area contributed by atoms with E-state index >= 15 is 0 Å². The average Bonchev–Trinajstić information content (AvgIpc) is 2.69. The number of hydrogen-bond donors (Lipinski definition) is 2. The Morgan fingerprint density at radius 3 is 1.18 bits per heavy atom. The Bertz CT molecular complexity index is 1270. The van der Waals surface area contributed by atoms with Crippen molar-refractivity contribution in [3.05, 3.63) is 115 Å². The fraction of sp³-hybridized carbons (Fsp3) is 0. The summed E-state index contributed by atoms with van der Waals surface area (Å²) in [5.41, 5.74) is 1.19. The number of aromatic amines is 2. The van der Waals surface area contributed by atoms with Gasteiger partial charge in [0.1, 0.15) is 0 Å². The number of aromatic nitrogens is 4. The molecule has 2 aromatic heterocycles. The van der Waals surface area contributed by atoms with Gasteiger partial charge >= 0.3 is 11.4 Å². The first kappa shape index (κ1) is 17.2. The van der Waals surface area contributed by atoms with Gasteiger partial charge in [-0.2, -0.15) is 0 Å². The predicted octanol–water partition coefficient (Wildman–Crippen LogP) is 1.03. The molecule has 2 heterocycles. The molecule has 0 unspecified atom stereocenters. The molecule has 0 radical (unpaired) electrons. The molecule has 138 valence electrons. The molecule has 8 nitrogen and oxygen atoms in total. The van der Waals surface area contributed by atoms with Crippen LogP contribution in [0.3, 0.4) is 0 Å². The van der Waals surface area contributed by atoms with Crippen molar-refractivity contribution in [2.45, 2.75) is 0 Å². The van der Waals surface area contributed by atoms with E-state index in [1.54, 1.807) is 24.3 Å². The van der Waals surface area contributed by atoms with Gasteiger partial charge in [-0.3, -0.25) is 28.7 Å². The quantitative estimate of drug-likeness (QED) is 0.558. The highest BCUT2D eigenvalue weighted by atomic mass is 16.2. The van der Waals surface area contributed by atoms with Crippen molar-refractivity contribution in [2.75, 3.05) is 0 Å². The minimum Gasteiger partial charge on any atom is -0.274 e. The molecule has 2 aromatic carbocycles. The number of H-pyrrole nitrogens is 2. The van der Waals surface area contributed by atoms with Crippen molar-refractivity contribution < 1.29 is 0 Å². The Morgan fingerprint density at radius 2 is 0.857 bits per heavy atom. The summed E-state index contributed by atoms with van der Waals surface area (Å²) in [5, 5.41) is 0. The summed E-state index contributed by atoms with van der Waals surface area (Å²) in [7, 11) is 0. The van der Waals surface area contributed by atoms with Crippen LogP contribution >= 0.6 is 0 Å². The summed E-state index contributed by atoms with van der Waals surface area (Å²) in [6, 6.07) is 17.1. The van der Waals surface area contributed by atoms with Crippen LogP contribution in [-0.4, -0.2) is 19.1 Å². The van der Waals surface area contributed by atoms with Gasteiger partial charge in [0.05, 0.1) is 11.4 Å². The highest BCUT2D eigenvalue weighted by Crippen LogP contribution is 2.21. The van der Waals surface area contributed by atoms with Crippen LogP contribution in [0.1, 0.15) is 0 Å². The second-order valence-corrected chi connectivity index (χ2v) is 6.05. The Morgan fingerprint density at radius 1 is 0.500 bits per heavy atom. The van der Waals surface area contributed by atoms with Gasteiger partial charge in [0.25, 0.3) is 11.1 Å². The largest absolute Gasteiger partial charge is 0.332 e. The molecular weight excluding hydrogens is 360 g/mol. The molecule has 0 bridgehead atoms. The second kappa shape index (κ2) is 6.84. The van der Waals surface area contributed by atoms with Gasteiger partial charge in [0, 0.05) is 24.5 Å². The number of hydrogen-bond acceptors (Lipinski definition) is 4. The van der Waals surface area contributed by atoms with Gasteiger partial charge in [-0.15, -0.1) is 0 Å². The molecule has 0 saturated heterocycles. The third kappa shape index (κ3) is 3.26. The van der Waals surface area contributed by atoms with Crippen LogP contribution in [0.25, 0.3) is 22.5 Å². The summed E-state index contributed by atoms with van der Waals surface area (Å²) < 4.78 is 2.69. The topological polar surface area (TPSA) is 110 Å². The molecule has 0 amide bonds. The zero-order valence-electron chi connectivity index (χ0n) is 14.5. The van der Waals surface area contributed by atoms with Gasteiger partial charge in [0.2, 0.25) is 0 Å². The fourth-order valence-electron chi connectivity index (χ4n) is 2.87. The molecule has 28 heavy (non-hydrogen) atoms. The van der Waals surface area contributed by atoms with Crippen molar-refractivity contribution >= 4 is 0 Å². The maximum Gasteiger partial charge on any atom is 0.332 e. The summed E-state index contributed by atoms with van der Waals surface area (Å²) in [4.78, 5) is 50.5. The lowest BCUT2D eigenvalue weighted by molar-refractivity contribution is 0.895. The van der Waals surface area contributed by atoms with Crippen LogP contribution < -0.4 is 22.5 Å². The summed E-state index contributed by atoms with van der Waals surface area (Å²) in [5.74, 6) is 0. The molecule has 0 atom stereocenters. The summed E-state index contributed by atoms with van der Waals surface area (Å²) in [6.45, 7) is 0. The fourth-order valence-corrected chi connectivity index (χ4v) is 2.87. The Labute approximate surface area is 157 Å². The van der Waals surface area contributed by atoms with E-state index in [0.717, 1.165) is 11.1 Å². The molecule has 4 rings (SSSR count). The monoisotopic (exact) mass is 374 g/mol. The van der Waals surface area contributed by atoms with Crippen LogP contribution in [0.4, 0.5) is 0 Å². The van der Waals surface area contributed by atoms with E-state index in [-0.39, 0.29) is 0 Å². The zero-order chi connectivity index (χ0) is 19.7. The smallest absolute Gasteiger partial charge is 0.274 e. The van der Waals surface area contributed by atoms with Gasteiger partial charge in [-0.25, -0.2) is 9.59 Å². The van der Waals surface area contributed by atoms with Gasteiger partial charge < -0.3 is 0 Å². The molecule has 8 heteroatoms. The summed E-state index contributed by atoms with van der Waals surface area (Å²) in [6.07, 6.45) is 2.85. The maximum absolute atomic E-state index is 11.9. The number of nitrogens with zero attached hydrogens (tertiary/aromatic N) is 2. The molecule has 0 aliphatic carbocycles. The van der Waals surface area contributed by atoms with Gasteiger partial charge in [-0.1, -0.05) is 24.3 Å². The normalized spacial score (nSPS) is 10.7. The van der Waals surface area contributed by atoms with E-state index in [2.05, 4.69) is 9.97 Å². The van der Waals surface area contributed by atoms with Gasteiger partial charge in [-0.05, 0) is 35.4 Å². The van der Waals surface area contributed by atoms with E-state index in [0.29, 0.717) is 11.4 Å². The number of nitrogens with one attached hydrogen (secondary N) is 2. The van der Waals surface area contributed by atoms with Crippen LogP contribution in [0.15, 0.2) is 92.2 Å². The molecule has 0 spiro atoms. The first-order valence-electron chi connectivity index (χ1n) is 8.36. The molecule has 0 fully saturated rings. The van der Waals surface area contributed by atoms with E-state index in [9.17, 15) is 19.2 Å². The molecule has 0 saturated carbocycles. The van der Waals surface area contributed by atoms with Crippen molar-refractivity contribution in [2.24, 2.45) is 0 Å². The zero-order valence-corrected chi connectivity index (χ0v) is 14.5. The predicted molar refractivity (Wildman–Crippen MR) is 104 cm³/mol. The Hall–Kier alpha value is -4.20. The number of rotatable bonds is 3. The lowest BCUT2D eigenvalue weighted by Crippen LogP contribution is -2.27. The molecule has 0 aliphatic rings. The van der Waals surface area contributed by atoms with Crippen molar-refractivity contribution in [1.82, 2.24) is 19.1 Å². The average molecular weight is 374 g/mol. The molecule has 4 aromatic rings. The SMILES string of the molecule is O=c1ccn(-c2ccc(-c3ccc(-n4ccc(=O)[nH]c4=O)cc3)cc2)c(=O)[nH]1. The Balaban J connectivity index is 1.64. The molecule has 2 N–H and O–H groups in total. The van der Waals surface area contributed by atoms with Crippen LogP contribution in [0.2, 0.25) is 0 Å². The minimum absolute atomic E-state index is 0.445. The van der Waals surface area contributed by atoms with E-state index < -0.39 is 22.5 Å². The van der Waals surface area contributed by atoms with E-state index in [1.165, 1.54) is 33.7 Å². The first-order chi connectivity index (χ1) is 13.5. The van der Waals surface area contributed by atoms with Crippen LogP contribution in [0.5, 0.6) is 0 Å². The molecule has 0 aliphatic heterocycles. The van der Waals surface area contributed by atoms with Crippen molar-refractivity contribution in [3.63, 3.8) is 0 Å². The maximum atomic E-state index is 11.9. The van der Waals surface area contributed by atoms with Crippen LogP contribution in [0, 0.1) is 0 Å². The Kier molecular flexibility index (Phi) is 4.21. The highest BCUT2D eigenvalue weighted by molar-refractivity contribution is 5.65. The van der Waals surface area contributed by atoms with Crippen LogP contribution in [-0.2, 0) is 0 Å². The standard InChI is InChI=1S/C20H14N4O4/c25-17-9-11-23(19(27)21-17)15-5-1-13(2-6-15)14-3-7-16(8-4-14)24-12-10-18(26)22-20(24)28/h1-12H,(H,21,25,27)(H,22,26,28). The first-order valence-corrected chi connectivity index (χ1v) is 8.36. The summed E-state index contributed by atoms with van der Waals surface area (Å²) >= 11 is 0. The van der Waals surface area contributed by atoms with E-state index in [4.69, 9.17) is 0 Å². The van der Waals surface area contributed by atoms with Gasteiger partial charge in [0.15, 0.2) is 0 Å². The third-order valence-corrected chi connectivity index (χ3v) is 4.27. The molecular formula is C20H14N4O4. The van der Waals surface area contributed by atoms with Crippen molar-refractivity contribution in [1.29, 1.82) is 0 Å².